The highest BCUT2D eigenvalue weighted by molar-refractivity contribution is 6.29. The van der Waals surface area contributed by atoms with Gasteiger partial charge in [0, 0.05) is 0 Å². The van der Waals surface area contributed by atoms with Crippen molar-refractivity contribution in [1.29, 1.82) is 0 Å². The summed E-state index contributed by atoms with van der Waals surface area (Å²) >= 11 is 0. The molecule has 0 saturated carbocycles. The Balaban J connectivity index is 4.39. The zero-order valence-corrected chi connectivity index (χ0v) is 10.8. The SMILES string of the molecule is CC(O)C(O)N(N)OC(=O)C(=O)ON(N)C(O)C(C)O. The normalized spacial score (nSPS) is 17.5. The number of aliphatic hydroxyl groups is 4. The average Bonchev–Trinajstić information content (AvgIpc) is 2.35. The number of hydrogen-bond acceptors (Lipinski definition) is 12. The maximum absolute atomic E-state index is 11.2. The fourth-order valence-electron chi connectivity index (χ4n) is 0.799. The summed E-state index contributed by atoms with van der Waals surface area (Å²) in [6, 6.07) is 0. The summed E-state index contributed by atoms with van der Waals surface area (Å²) in [5.74, 6) is 6.71. The van der Waals surface area contributed by atoms with E-state index in [-0.39, 0.29) is 10.3 Å². The Bertz CT molecular complexity index is 306. The first-order valence-electron chi connectivity index (χ1n) is 5.32. The van der Waals surface area contributed by atoms with Gasteiger partial charge in [-0.25, -0.2) is 21.3 Å². The van der Waals surface area contributed by atoms with Gasteiger partial charge in [-0.3, -0.25) is 0 Å². The zero-order chi connectivity index (χ0) is 16.0. The van der Waals surface area contributed by atoms with E-state index in [1.54, 1.807) is 0 Å². The van der Waals surface area contributed by atoms with Gasteiger partial charge < -0.3 is 30.1 Å². The number of aliphatic hydroxyl groups excluding tert-OH is 4. The monoisotopic (exact) mass is 298 g/mol. The van der Waals surface area contributed by atoms with Gasteiger partial charge in [-0.05, 0) is 24.2 Å². The van der Waals surface area contributed by atoms with Gasteiger partial charge in [-0.1, -0.05) is 0 Å². The van der Waals surface area contributed by atoms with Crippen LogP contribution in [0.25, 0.3) is 0 Å². The molecule has 8 N–H and O–H groups in total. The Hall–Kier alpha value is -1.38. The second-order valence-electron chi connectivity index (χ2n) is 3.79. The molecule has 0 rings (SSSR count). The minimum Gasteiger partial charge on any atom is -0.389 e. The predicted molar refractivity (Wildman–Crippen MR) is 59.6 cm³/mol. The van der Waals surface area contributed by atoms with Crippen molar-refractivity contribution in [2.75, 3.05) is 0 Å². The molecule has 0 aromatic heterocycles. The number of nitrogens with zero attached hydrogens (tertiary/aromatic N) is 2. The van der Waals surface area contributed by atoms with E-state index in [9.17, 15) is 19.8 Å². The summed E-state index contributed by atoms with van der Waals surface area (Å²) < 4.78 is 0. The molecular weight excluding hydrogens is 280 g/mol. The minimum atomic E-state index is -1.77. The molecule has 0 fully saturated rings. The first kappa shape index (κ1) is 18.6. The van der Waals surface area contributed by atoms with Crippen LogP contribution in [0.3, 0.4) is 0 Å². The maximum atomic E-state index is 11.2. The maximum Gasteiger partial charge on any atom is 0.439 e. The third-order valence-electron chi connectivity index (χ3n) is 1.93. The van der Waals surface area contributed by atoms with Crippen LogP contribution in [0.1, 0.15) is 13.8 Å². The van der Waals surface area contributed by atoms with Crippen LogP contribution in [0.15, 0.2) is 0 Å². The molecule has 0 spiro atoms. The van der Waals surface area contributed by atoms with Gasteiger partial charge >= 0.3 is 11.9 Å². The van der Waals surface area contributed by atoms with Crippen molar-refractivity contribution in [2.24, 2.45) is 11.7 Å². The van der Waals surface area contributed by atoms with Gasteiger partial charge in [0.1, 0.15) is 0 Å². The van der Waals surface area contributed by atoms with E-state index in [0.29, 0.717) is 0 Å². The van der Waals surface area contributed by atoms with Gasteiger partial charge in [-0.2, -0.15) is 0 Å². The lowest BCUT2D eigenvalue weighted by Crippen LogP contribution is -2.51. The molecule has 20 heavy (non-hydrogen) atoms. The quantitative estimate of drug-likeness (QED) is 0.120. The zero-order valence-electron chi connectivity index (χ0n) is 10.8. The minimum absolute atomic E-state index is 0.0280. The van der Waals surface area contributed by atoms with Crippen molar-refractivity contribution in [3.63, 3.8) is 0 Å². The van der Waals surface area contributed by atoms with Crippen LogP contribution >= 0.6 is 0 Å². The fraction of sp³-hybridized carbons (Fsp3) is 0.750. The molecule has 4 atom stereocenters. The van der Waals surface area contributed by atoms with Crippen molar-refractivity contribution in [3.05, 3.63) is 0 Å². The lowest BCUT2D eigenvalue weighted by Gasteiger charge is -2.24. The van der Waals surface area contributed by atoms with E-state index in [1.165, 1.54) is 0 Å². The number of rotatable bonds is 6. The van der Waals surface area contributed by atoms with Crippen LogP contribution in [-0.4, -0.2) is 67.4 Å². The summed E-state index contributed by atoms with van der Waals surface area (Å²) in [5, 5.41) is 36.3. The second kappa shape index (κ2) is 8.03. The smallest absolute Gasteiger partial charge is 0.389 e. The predicted octanol–water partition coefficient (Wildman–Crippen LogP) is -4.35. The third kappa shape index (κ3) is 5.72. The Morgan fingerprint density at radius 2 is 1.10 bits per heavy atom. The van der Waals surface area contributed by atoms with Gasteiger partial charge in [-0.15, -0.1) is 0 Å². The highest BCUT2D eigenvalue weighted by Gasteiger charge is 2.30. The van der Waals surface area contributed by atoms with Crippen LogP contribution in [0, 0.1) is 0 Å². The number of hydrazine groups is 2. The molecule has 0 bridgehead atoms. The van der Waals surface area contributed by atoms with E-state index in [2.05, 4.69) is 9.68 Å². The summed E-state index contributed by atoms with van der Waals surface area (Å²) in [6.45, 7) is 2.30. The first-order chi connectivity index (χ1) is 9.07. The summed E-state index contributed by atoms with van der Waals surface area (Å²) in [4.78, 5) is 30.6. The van der Waals surface area contributed by atoms with Crippen LogP contribution in [0.2, 0.25) is 0 Å². The second-order valence-corrected chi connectivity index (χ2v) is 3.79. The van der Waals surface area contributed by atoms with E-state index >= 15 is 0 Å². The highest BCUT2D eigenvalue weighted by atomic mass is 16.8. The fourth-order valence-corrected chi connectivity index (χ4v) is 0.799. The number of carbonyl (C=O) groups excluding carboxylic acids is 2. The number of nitrogens with two attached hydrogens (primary N) is 2. The molecule has 0 aromatic rings. The molecule has 0 aliphatic rings. The summed E-state index contributed by atoms with van der Waals surface area (Å²) in [6.07, 6.45) is -6.29. The molecule has 0 heterocycles. The largest absolute Gasteiger partial charge is 0.439 e. The van der Waals surface area contributed by atoms with Gasteiger partial charge in [0.2, 0.25) is 0 Å². The highest BCUT2D eigenvalue weighted by Crippen LogP contribution is 2.01. The summed E-state index contributed by atoms with van der Waals surface area (Å²) in [7, 11) is 0. The molecular formula is C8H18N4O8. The van der Waals surface area contributed by atoms with Crippen molar-refractivity contribution in [2.45, 2.75) is 38.5 Å². The topological polar surface area (TPSA) is 192 Å². The molecule has 12 nitrogen and oxygen atoms in total. The van der Waals surface area contributed by atoms with Crippen LogP contribution < -0.4 is 11.7 Å². The Morgan fingerprint density at radius 3 is 1.30 bits per heavy atom. The number of hydrogen-bond donors (Lipinski definition) is 6. The van der Waals surface area contributed by atoms with E-state index in [1.807, 2.05) is 0 Å². The first-order valence-corrected chi connectivity index (χ1v) is 5.32. The molecule has 0 aromatic carbocycles. The van der Waals surface area contributed by atoms with Crippen LogP contribution in [0.5, 0.6) is 0 Å². The molecule has 4 unspecified atom stereocenters. The van der Waals surface area contributed by atoms with Crippen molar-refractivity contribution in [1.82, 2.24) is 10.3 Å². The molecule has 0 radical (unpaired) electrons. The van der Waals surface area contributed by atoms with Crippen molar-refractivity contribution in [3.8, 4) is 0 Å². The van der Waals surface area contributed by atoms with Gasteiger partial charge in [0.15, 0.2) is 12.5 Å². The van der Waals surface area contributed by atoms with E-state index in [4.69, 9.17) is 21.9 Å². The number of carbonyl (C=O) groups is 2. The standard InChI is InChI=1S/C8H18N4O8/c1-3(13)5(15)11(9)19-7(17)8(18)20-12(10)6(16)4(2)14/h3-6,13-16H,9-10H2,1-2H3. The average molecular weight is 298 g/mol. The molecule has 0 aliphatic carbocycles. The molecule has 0 aliphatic heterocycles. The molecule has 0 saturated heterocycles. The lowest BCUT2D eigenvalue weighted by molar-refractivity contribution is -0.271. The Morgan fingerprint density at radius 1 is 0.850 bits per heavy atom. The van der Waals surface area contributed by atoms with Gasteiger partial charge in [0.25, 0.3) is 0 Å². The lowest BCUT2D eigenvalue weighted by atomic mass is 10.4. The van der Waals surface area contributed by atoms with Gasteiger partial charge in [0.05, 0.1) is 12.2 Å². The molecule has 118 valence electrons. The van der Waals surface area contributed by atoms with Crippen molar-refractivity contribution >= 4 is 11.9 Å². The van der Waals surface area contributed by atoms with E-state index in [0.717, 1.165) is 13.8 Å². The van der Waals surface area contributed by atoms with Crippen LogP contribution in [-0.2, 0) is 19.3 Å². The third-order valence-corrected chi connectivity index (χ3v) is 1.93. The Labute approximate surface area is 113 Å². The summed E-state index contributed by atoms with van der Waals surface area (Å²) in [5.41, 5.74) is 0. The van der Waals surface area contributed by atoms with Crippen molar-refractivity contribution < 1.29 is 39.7 Å². The molecule has 12 heteroatoms. The Kier molecular flexibility index (Phi) is 7.48. The van der Waals surface area contributed by atoms with E-state index < -0.39 is 36.6 Å². The van der Waals surface area contributed by atoms with Crippen LogP contribution in [0.4, 0.5) is 0 Å². The number of hydroxylamine groups is 2. The molecule has 0 amide bonds.